The molecule has 0 fully saturated rings. The summed E-state index contributed by atoms with van der Waals surface area (Å²) in [6.07, 6.45) is 1.88. The maximum absolute atomic E-state index is 14.6. The molecular formula is C21H16BrClFNO. The largest absolute Gasteiger partial charge is 0.298 e. The van der Waals surface area contributed by atoms with E-state index in [1.54, 1.807) is 18.3 Å². The van der Waals surface area contributed by atoms with Gasteiger partial charge in [-0.25, -0.2) is 4.39 Å². The number of carbonyl (C=O) groups excluding carboxylic acids is 1. The van der Waals surface area contributed by atoms with Crippen molar-refractivity contribution in [3.63, 3.8) is 0 Å². The van der Waals surface area contributed by atoms with E-state index in [1.807, 2.05) is 43.3 Å². The summed E-state index contributed by atoms with van der Waals surface area (Å²) in [7, 11) is 0. The predicted molar refractivity (Wildman–Crippen MR) is 105 cm³/mol. The van der Waals surface area contributed by atoms with Gasteiger partial charge in [-0.15, -0.1) is 0 Å². The first-order valence-corrected chi connectivity index (χ1v) is 9.26. The van der Waals surface area contributed by atoms with Gasteiger partial charge in [0.05, 0.1) is 5.92 Å². The zero-order valence-corrected chi connectivity index (χ0v) is 16.4. The molecule has 1 atom stereocenters. The molecule has 2 nitrogen and oxygen atoms in total. The Morgan fingerprint density at radius 3 is 2.54 bits per heavy atom. The van der Waals surface area contributed by atoms with Crippen molar-refractivity contribution >= 4 is 33.3 Å². The minimum Gasteiger partial charge on any atom is -0.298 e. The van der Waals surface area contributed by atoms with Crippen molar-refractivity contribution in [2.75, 3.05) is 0 Å². The van der Waals surface area contributed by atoms with Gasteiger partial charge in [-0.3, -0.25) is 9.78 Å². The van der Waals surface area contributed by atoms with Gasteiger partial charge in [-0.1, -0.05) is 45.7 Å². The van der Waals surface area contributed by atoms with E-state index in [9.17, 15) is 9.18 Å². The van der Waals surface area contributed by atoms with E-state index in [2.05, 4.69) is 20.9 Å². The zero-order valence-electron chi connectivity index (χ0n) is 14.0. The summed E-state index contributed by atoms with van der Waals surface area (Å²) in [6, 6.07) is 15.5. The summed E-state index contributed by atoms with van der Waals surface area (Å²) in [5.41, 5.74) is 2.77. The van der Waals surface area contributed by atoms with Gasteiger partial charge in [-0.2, -0.15) is 0 Å². The van der Waals surface area contributed by atoms with E-state index in [1.165, 1.54) is 6.07 Å². The third kappa shape index (κ3) is 4.37. The monoisotopic (exact) mass is 431 g/mol. The molecule has 132 valence electrons. The van der Waals surface area contributed by atoms with Gasteiger partial charge in [-0.05, 0) is 54.4 Å². The topological polar surface area (TPSA) is 30.0 Å². The highest BCUT2D eigenvalue weighted by Gasteiger charge is 2.25. The van der Waals surface area contributed by atoms with Gasteiger partial charge < -0.3 is 0 Å². The molecule has 1 unspecified atom stereocenters. The van der Waals surface area contributed by atoms with Crippen LogP contribution in [0.1, 0.15) is 28.3 Å². The van der Waals surface area contributed by atoms with Crippen molar-refractivity contribution in [3.05, 3.63) is 98.5 Å². The summed E-state index contributed by atoms with van der Waals surface area (Å²) in [5, 5.41) is 0.304. The fourth-order valence-electron chi connectivity index (χ4n) is 2.95. The van der Waals surface area contributed by atoms with Gasteiger partial charge in [0.2, 0.25) is 0 Å². The number of rotatable bonds is 5. The Labute approximate surface area is 165 Å². The van der Waals surface area contributed by atoms with Crippen LogP contribution in [-0.4, -0.2) is 10.8 Å². The summed E-state index contributed by atoms with van der Waals surface area (Å²) >= 11 is 9.27. The van der Waals surface area contributed by atoms with Crippen molar-refractivity contribution < 1.29 is 9.18 Å². The van der Waals surface area contributed by atoms with E-state index in [4.69, 9.17) is 11.6 Å². The Balaban J connectivity index is 2.02. The average molecular weight is 433 g/mol. The number of Topliss-reactive ketones (excluding diaryl/α,β-unsaturated/α-hetero) is 1. The molecule has 0 N–H and O–H groups in total. The van der Waals surface area contributed by atoms with Gasteiger partial charge >= 0.3 is 0 Å². The number of hydrogen-bond acceptors (Lipinski definition) is 2. The summed E-state index contributed by atoms with van der Waals surface area (Å²) in [6.45, 7) is 1.87. The Kier molecular flexibility index (Phi) is 5.84. The smallest absolute Gasteiger partial charge is 0.149 e. The highest BCUT2D eigenvalue weighted by Crippen LogP contribution is 2.31. The van der Waals surface area contributed by atoms with E-state index < -0.39 is 11.7 Å². The van der Waals surface area contributed by atoms with Crippen LogP contribution in [0.5, 0.6) is 0 Å². The Morgan fingerprint density at radius 1 is 1.15 bits per heavy atom. The maximum Gasteiger partial charge on any atom is 0.149 e. The van der Waals surface area contributed by atoms with Gasteiger partial charge in [0, 0.05) is 33.4 Å². The van der Waals surface area contributed by atoms with Crippen LogP contribution in [0.3, 0.4) is 0 Å². The third-order valence-electron chi connectivity index (χ3n) is 4.14. The Bertz CT molecular complexity index is 943. The van der Waals surface area contributed by atoms with Crippen LogP contribution in [0, 0.1) is 12.7 Å². The Hall–Kier alpha value is -2.04. The molecule has 5 heteroatoms. The zero-order chi connectivity index (χ0) is 18.7. The first kappa shape index (κ1) is 18.7. The number of aromatic nitrogens is 1. The van der Waals surface area contributed by atoms with Crippen LogP contribution in [0.15, 0.2) is 65.3 Å². The second-order valence-corrected chi connectivity index (χ2v) is 7.45. The molecule has 0 saturated carbocycles. The van der Waals surface area contributed by atoms with Gasteiger partial charge in [0.1, 0.15) is 11.6 Å². The first-order chi connectivity index (χ1) is 12.4. The lowest BCUT2D eigenvalue weighted by Gasteiger charge is -2.18. The van der Waals surface area contributed by atoms with Crippen LogP contribution in [0.25, 0.3) is 0 Å². The van der Waals surface area contributed by atoms with E-state index in [0.29, 0.717) is 10.6 Å². The molecule has 0 aliphatic heterocycles. The minimum atomic E-state index is -0.700. The average Bonchev–Trinajstić information content (AvgIpc) is 2.59. The second kappa shape index (κ2) is 8.11. The van der Waals surface area contributed by atoms with Crippen molar-refractivity contribution in [2.45, 2.75) is 19.3 Å². The standard InChI is InChI=1S/C21H16BrClFNO/c1-13-10-14(8-9-25-13)11-20(26)21(15-2-4-16(22)5-3-15)18-7-6-17(23)12-19(18)24/h2-10,12,21H,11H2,1H3. The molecule has 0 spiro atoms. The quantitative estimate of drug-likeness (QED) is 0.503. The molecule has 0 aliphatic rings. The van der Waals surface area contributed by atoms with Crippen molar-refractivity contribution in [3.8, 4) is 0 Å². The molecule has 0 aliphatic carbocycles. The normalized spacial score (nSPS) is 12.0. The Morgan fingerprint density at radius 2 is 1.88 bits per heavy atom. The summed E-state index contributed by atoms with van der Waals surface area (Å²) in [4.78, 5) is 17.3. The minimum absolute atomic E-state index is 0.0841. The molecule has 0 bridgehead atoms. The third-order valence-corrected chi connectivity index (χ3v) is 4.90. The SMILES string of the molecule is Cc1cc(CC(=O)C(c2ccc(Br)cc2)c2ccc(Cl)cc2F)ccn1. The van der Waals surface area contributed by atoms with Crippen LogP contribution in [0.2, 0.25) is 5.02 Å². The number of hydrogen-bond donors (Lipinski definition) is 0. The van der Waals surface area contributed by atoms with E-state index >= 15 is 0 Å². The predicted octanol–water partition coefficient (Wildman–Crippen LogP) is 5.89. The maximum atomic E-state index is 14.6. The van der Waals surface area contributed by atoms with Crippen LogP contribution in [0.4, 0.5) is 4.39 Å². The van der Waals surface area contributed by atoms with Crippen LogP contribution in [-0.2, 0) is 11.2 Å². The van der Waals surface area contributed by atoms with E-state index in [-0.39, 0.29) is 12.2 Å². The molecule has 1 aromatic heterocycles. The first-order valence-electron chi connectivity index (χ1n) is 8.08. The molecule has 3 rings (SSSR count). The highest BCUT2D eigenvalue weighted by atomic mass is 79.9. The van der Waals surface area contributed by atoms with Crippen LogP contribution < -0.4 is 0 Å². The lowest BCUT2D eigenvalue weighted by Crippen LogP contribution is -2.18. The number of pyridine rings is 1. The van der Waals surface area contributed by atoms with Crippen molar-refractivity contribution in [1.82, 2.24) is 4.98 Å². The summed E-state index contributed by atoms with van der Waals surface area (Å²) in [5.74, 6) is -1.27. The lowest BCUT2D eigenvalue weighted by molar-refractivity contribution is -0.119. The number of carbonyl (C=O) groups is 1. The number of aryl methyl sites for hydroxylation is 1. The fourth-order valence-corrected chi connectivity index (χ4v) is 3.37. The molecule has 0 radical (unpaired) electrons. The lowest BCUT2D eigenvalue weighted by atomic mass is 9.85. The molecule has 0 amide bonds. The molecule has 0 saturated heterocycles. The molecule has 2 aromatic carbocycles. The van der Waals surface area contributed by atoms with Gasteiger partial charge in [0.15, 0.2) is 0 Å². The fraction of sp³-hybridized carbons (Fsp3) is 0.143. The van der Waals surface area contributed by atoms with Crippen molar-refractivity contribution in [1.29, 1.82) is 0 Å². The molecular weight excluding hydrogens is 417 g/mol. The molecule has 1 heterocycles. The van der Waals surface area contributed by atoms with Crippen LogP contribution >= 0.6 is 27.5 Å². The number of ketones is 1. The highest BCUT2D eigenvalue weighted by molar-refractivity contribution is 9.10. The number of nitrogens with zero attached hydrogens (tertiary/aromatic N) is 1. The number of benzene rings is 2. The summed E-state index contributed by atoms with van der Waals surface area (Å²) < 4.78 is 15.5. The van der Waals surface area contributed by atoms with E-state index in [0.717, 1.165) is 21.3 Å². The molecule has 3 aromatic rings. The number of halogens is 3. The van der Waals surface area contributed by atoms with Crippen molar-refractivity contribution in [2.24, 2.45) is 0 Å². The second-order valence-electron chi connectivity index (χ2n) is 6.10. The molecule has 26 heavy (non-hydrogen) atoms. The van der Waals surface area contributed by atoms with Gasteiger partial charge in [0.25, 0.3) is 0 Å².